The SMILES string of the molecule is Fc1cc(OC(F)(F)c2c(F)cc(-c3ccc(C4CCC(C5CCCC5)CO4)cc3F)cc2F)ccc1OC(F)(F)F. The maximum atomic E-state index is 15.1. The molecule has 5 rings (SSSR count). The predicted octanol–water partition coefficient (Wildman–Crippen LogP) is 9.59. The molecule has 1 saturated heterocycles. The number of benzene rings is 3. The van der Waals surface area contributed by atoms with E-state index >= 15 is 4.39 Å². The lowest BCUT2D eigenvalue weighted by molar-refractivity contribution is -0.275. The summed E-state index contributed by atoms with van der Waals surface area (Å²) in [7, 11) is 0. The van der Waals surface area contributed by atoms with Crippen LogP contribution in [0, 0.1) is 35.1 Å². The van der Waals surface area contributed by atoms with Crippen LogP contribution in [0.25, 0.3) is 11.1 Å². The van der Waals surface area contributed by atoms with Gasteiger partial charge < -0.3 is 14.2 Å². The van der Waals surface area contributed by atoms with Gasteiger partial charge in [0.05, 0.1) is 12.7 Å². The third-order valence-corrected chi connectivity index (χ3v) is 7.76. The van der Waals surface area contributed by atoms with Gasteiger partial charge in [-0.05, 0) is 66.1 Å². The normalized spacial score (nSPS) is 20.1. The van der Waals surface area contributed by atoms with Crippen LogP contribution in [-0.4, -0.2) is 13.0 Å². The quantitative estimate of drug-likeness (QED) is 0.252. The highest BCUT2D eigenvalue weighted by Crippen LogP contribution is 2.42. The van der Waals surface area contributed by atoms with Gasteiger partial charge in [-0.25, -0.2) is 17.6 Å². The molecule has 0 bridgehead atoms. The number of halogens is 9. The molecule has 3 aromatic rings. The van der Waals surface area contributed by atoms with Crippen LogP contribution in [-0.2, 0) is 10.8 Å². The summed E-state index contributed by atoms with van der Waals surface area (Å²) < 4.78 is 139. The molecule has 12 heteroatoms. The lowest BCUT2D eigenvalue weighted by Crippen LogP contribution is -2.25. The van der Waals surface area contributed by atoms with E-state index in [9.17, 15) is 35.1 Å². The van der Waals surface area contributed by atoms with Gasteiger partial charge in [-0.1, -0.05) is 37.8 Å². The van der Waals surface area contributed by atoms with Gasteiger partial charge in [0, 0.05) is 11.6 Å². The zero-order valence-corrected chi connectivity index (χ0v) is 21.9. The van der Waals surface area contributed by atoms with Crippen molar-refractivity contribution in [3.05, 3.63) is 82.9 Å². The molecule has 0 N–H and O–H groups in total. The van der Waals surface area contributed by atoms with E-state index in [1.807, 2.05) is 0 Å². The Kier molecular flexibility index (Phi) is 8.37. The number of ether oxygens (including phenoxy) is 3. The van der Waals surface area contributed by atoms with Gasteiger partial charge in [0.1, 0.15) is 28.8 Å². The molecule has 3 nitrogen and oxygen atoms in total. The molecule has 1 saturated carbocycles. The minimum Gasteiger partial charge on any atom is -0.429 e. The summed E-state index contributed by atoms with van der Waals surface area (Å²) in [6.07, 6.45) is -3.82. The zero-order chi connectivity index (χ0) is 30.2. The largest absolute Gasteiger partial charge is 0.573 e. The van der Waals surface area contributed by atoms with Gasteiger partial charge in [-0.15, -0.1) is 13.2 Å². The summed E-state index contributed by atoms with van der Waals surface area (Å²) in [6, 6.07) is 6.04. The van der Waals surface area contributed by atoms with E-state index in [2.05, 4.69) is 9.47 Å². The number of rotatable bonds is 7. The van der Waals surface area contributed by atoms with Crippen molar-refractivity contribution in [3.8, 4) is 22.6 Å². The van der Waals surface area contributed by atoms with E-state index in [4.69, 9.17) is 4.74 Å². The van der Waals surface area contributed by atoms with Crippen molar-refractivity contribution in [2.75, 3.05) is 6.61 Å². The molecular formula is C30H25F9O3. The average molecular weight is 605 g/mol. The molecule has 0 spiro atoms. The third kappa shape index (κ3) is 6.63. The molecule has 1 aliphatic heterocycles. The Morgan fingerprint density at radius 3 is 1.93 bits per heavy atom. The van der Waals surface area contributed by atoms with Crippen molar-refractivity contribution in [2.24, 2.45) is 11.8 Å². The summed E-state index contributed by atoms with van der Waals surface area (Å²) in [5, 5.41) is 0. The molecule has 2 aliphatic rings. The van der Waals surface area contributed by atoms with Crippen molar-refractivity contribution in [1.82, 2.24) is 0 Å². The molecule has 2 atom stereocenters. The molecule has 0 aromatic heterocycles. The molecule has 1 aliphatic carbocycles. The van der Waals surface area contributed by atoms with Crippen LogP contribution in [0.15, 0.2) is 48.5 Å². The summed E-state index contributed by atoms with van der Waals surface area (Å²) in [4.78, 5) is 0. The van der Waals surface area contributed by atoms with Gasteiger partial charge in [-0.2, -0.15) is 8.78 Å². The van der Waals surface area contributed by atoms with Gasteiger partial charge in [0.2, 0.25) is 0 Å². The van der Waals surface area contributed by atoms with Gasteiger partial charge in [0.25, 0.3) is 0 Å². The number of hydrogen-bond donors (Lipinski definition) is 0. The van der Waals surface area contributed by atoms with Crippen molar-refractivity contribution >= 4 is 0 Å². The Balaban J connectivity index is 1.31. The molecular weight excluding hydrogens is 579 g/mol. The van der Waals surface area contributed by atoms with Crippen molar-refractivity contribution in [3.63, 3.8) is 0 Å². The monoisotopic (exact) mass is 604 g/mol. The topological polar surface area (TPSA) is 27.7 Å². The fraction of sp³-hybridized carbons (Fsp3) is 0.400. The lowest BCUT2D eigenvalue weighted by Gasteiger charge is -2.32. The van der Waals surface area contributed by atoms with Crippen LogP contribution >= 0.6 is 0 Å². The summed E-state index contributed by atoms with van der Waals surface area (Å²) >= 11 is 0. The summed E-state index contributed by atoms with van der Waals surface area (Å²) in [6.45, 7) is 0.574. The van der Waals surface area contributed by atoms with Crippen LogP contribution in [0.5, 0.6) is 11.5 Å². The molecule has 2 unspecified atom stereocenters. The van der Waals surface area contributed by atoms with Crippen LogP contribution in [0.4, 0.5) is 39.5 Å². The molecule has 1 heterocycles. The Hall–Kier alpha value is -3.41. The Morgan fingerprint density at radius 1 is 0.667 bits per heavy atom. The number of hydrogen-bond acceptors (Lipinski definition) is 3. The van der Waals surface area contributed by atoms with E-state index in [0.717, 1.165) is 6.42 Å². The van der Waals surface area contributed by atoms with Crippen molar-refractivity contribution < 1.29 is 53.7 Å². The maximum Gasteiger partial charge on any atom is 0.573 e. The maximum absolute atomic E-state index is 15.1. The summed E-state index contributed by atoms with van der Waals surface area (Å²) in [5.41, 5.74) is -1.90. The van der Waals surface area contributed by atoms with E-state index in [-0.39, 0.29) is 23.3 Å². The van der Waals surface area contributed by atoms with Crippen LogP contribution in [0.1, 0.15) is 55.8 Å². The van der Waals surface area contributed by atoms with Crippen LogP contribution < -0.4 is 9.47 Å². The first-order valence-electron chi connectivity index (χ1n) is 13.3. The second-order valence-corrected chi connectivity index (χ2v) is 10.5. The first kappa shape index (κ1) is 30.1. The van der Waals surface area contributed by atoms with Gasteiger partial charge in [0.15, 0.2) is 11.6 Å². The summed E-state index contributed by atoms with van der Waals surface area (Å²) in [5.74, 6) is -7.35. The molecule has 2 fully saturated rings. The first-order chi connectivity index (χ1) is 19.8. The fourth-order valence-electron chi connectivity index (χ4n) is 5.76. The van der Waals surface area contributed by atoms with E-state index < -0.39 is 52.8 Å². The molecule has 0 amide bonds. The Labute approximate surface area is 235 Å². The Bertz CT molecular complexity index is 1400. The molecule has 226 valence electrons. The molecule has 0 radical (unpaired) electrons. The zero-order valence-electron chi connectivity index (χ0n) is 21.9. The minimum absolute atomic E-state index is 0.140. The van der Waals surface area contributed by atoms with E-state index in [1.165, 1.54) is 37.8 Å². The van der Waals surface area contributed by atoms with Crippen LogP contribution in [0.3, 0.4) is 0 Å². The average Bonchev–Trinajstić information content (AvgIpc) is 3.44. The smallest absolute Gasteiger partial charge is 0.429 e. The predicted molar refractivity (Wildman–Crippen MR) is 133 cm³/mol. The second-order valence-electron chi connectivity index (χ2n) is 10.5. The van der Waals surface area contributed by atoms with Crippen LogP contribution in [0.2, 0.25) is 0 Å². The van der Waals surface area contributed by atoms with Gasteiger partial charge >= 0.3 is 12.5 Å². The number of alkyl halides is 5. The van der Waals surface area contributed by atoms with E-state index in [0.29, 0.717) is 54.7 Å². The highest BCUT2D eigenvalue weighted by molar-refractivity contribution is 5.65. The van der Waals surface area contributed by atoms with E-state index in [1.54, 1.807) is 6.07 Å². The van der Waals surface area contributed by atoms with Crippen molar-refractivity contribution in [1.29, 1.82) is 0 Å². The minimum atomic E-state index is -5.25. The fourth-order valence-corrected chi connectivity index (χ4v) is 5.76. The highest BCUT2D eigenvalue weighted by Gasteiger charge is 2.42. The first-order valence-corrected chi connectivity index (χ1v) is 13.3. The standard InChI is InChI=1S/C30H25F9O3/c31-22-11-17(26-9-6-18(15-40-26)16-3-1-2-4-16)5-8-21(22)19-12-24(33)28(25(34)13-19)29(35,36)41-20-7-10-27(23(32)14-20)42-30(37,38)39/h5,7-8,10-14,16,18,26H,1-4,6,9,15H2. The highest BCUT2D eigenvalue weighted by atomic mass is 19.4. The Morgan fingerprint density at radius 2 is 1.36 bits per heavy atom. The van der Waals surface area contributed by atoms with Gasteiger partial charge in [-0.3, -0.25) is 0 Å². The molecule has 3 aromatic carbocycles. The van der Waals surface area contributed by atoms with Crippen molar-refractivity contribution in [2.45, 2.75) is 57.1 Å². The third-order valence-electron chi connectivity index (χ3n) is 7.76. The lowest BCUT2D eigenvalue weighted by atomic mass is 9.84. The molecule has 42 heavy (non-hydrogen) atoms. The second kappa shape index (κ2) is 11.7.